The van der Waals surface area contributed by atoms with Crippen molar-refractivity contribution in [1.29, 1.82) is 0 Å². The zero-order valence-corrected chi connectivity index (χ0v) is 9.92. The summed E-state index contributed by atoms with van der Waals surface area (Å²) in [6.07, 6.45) is 0. The van der Waals surface area contributed by atoms with Crippen LogP contribution in [-0.2, 0) is 4.74 Å². The van der Waals surface area contributed by atoms with Crippen LogP contribution < -0.4 is 5.73 Å². The lowest BCUT2D eigenvalue weighted by Gasteiger charge is -2.12. The number of aromatic nitrogens is 4. The lowest BCUT2D eigenvalue weighted by atomic mass is 10.0. The number of nitrogens with two attached hydrogens (primary N) is 1. The van der Waals surface area contributed by atoms with Gasteiger partial charge in [-0.1, -0.05) is 0 Å². The third kappa shape index (κ3) is 1.60. The molecule has 1 saturated heterocycles. The Morgan fingerprint density at radius 1 is 1.35 bits per heavy atom. The number of fused-ring (bicyclic) bond motifs is 1. The predicted octanol–water partition coefficient (Wildman–Crippen LogP) is 0.182. The number of nitrogens with zero attached hydrogens (tertiary/aromatic N) is 4. The summed E-state index contributed by atoms with van der Waals surface area (Å²) >= 11 is 0. The molecule has 0 radical (unpaired) electrons. The van der Waals surface area contributed by atoms with E-state index in [0.29, 0.717) is 19.0 Å². The van der Waals surface area contributed by atoms with Gasteiger partial charge in [-0.2, -0.15) is 0 Å². The molecule has 90 valence electrons. The van der Waals surface area contributed by atoms with Gasteiger partial charge in [0, 0.05) is 17.4 Å². The summed E-state index contributed by atoms with van der Waals surface area (Å²) in [5, 5.41) is 8.33. The Hall–Kier alpha value is -1.53. The van der Waals surface area contributed by atoms with Crippen LogP contribution in [0.1, 0.15) is 23.1 Å². The van der Waals surface area contributed by atoms with Gasteiger partial charge in [0.25, 0.3) is 5.78 Å². The van der Waals surface area contributed by atoms with Crippen LogP contribution in [-0.4, -0.2) is 38.8 Å². The van der Waals surface area contributed by atoms with Crippen molar-refractivity contribution in [2.45, 2.75) is 25.8 Å². The highest BCUT2D eigenvalue weighted by Crippen LogP contribution is 2.24. The van der Waals surface area contributed by atoms with Crippen molar-refractivity contribution >= 4 is 5.78 Å². The molecule has 2 atom stereocenters. The van der Waals surface area contributed by atoms with E-state index < -0.39 is 0 Å². The first-order valence-electron chi connectivity index (χ1n) is 5.69. The summed E-state index contributed by atoms with van der Waals surface area (Å²) in [5.41, 5.74) is 8.04. The highest BCUT2D eigenvalue weighted by molar-refractivity contribution is 5.33. The largest absolute Gasteiger partial charge is 0.379 e. The maximum Gasteiger partial charge on any atom is 0.255 e. The van der Waals surface area contributed by atoms with Gasteiger partial charge in [-0.15, -0.1) is 10.2 Å². The van der Waals surface area contributed by atoms with Crippen LogP contribution in [0.4, 0.5) is 0 Å². The number of hydrogen-bond donors (Lipinski definition) is 1. The Kier molecular flexibility index (Phi) is 2.34. The van der Waals surface area contributed by atoms with Crippen LogP contribution in [0.15, 0.2) is 6.07 Å². The fraction of sp³-hybridized carbons (Fsp3) is 0.545. The molecule has 3 heterocycles. The van der Waals surface area contributed by atoms with Crippen LogP contribution in [0.5, 0.6) is 0 Å². The molecule has 0 spiro atoms. The normalized spacial score (nSPS) is 24.6. The second-order valence-electron chi connectivity index (χ2n) is 4.54. The first-order chi connectivity index (χ1) is 8.16. The zero-order chi connectivity index (χ0) is 12.0. The van der Waals surface area contributed by atoms with E-state index in [0.717, 1.165) is 17.2 Å². The Balaban J connectivity index is 2.17. The van der Waals surface area contributed by atoms with Crippen molar-refractivity contribution in [2.24, 2.45) is 5.73 Å². The average Bonchev–Trinajstić information content (AvgIpc) is 2.83. The van der Waals surface area contributed by atoms with Gasteiger partial charge in [0.2, 0.25) is 0 Å². The molecule has 2 N–H and O–H groups in total. The molecule has 0 aromatic carbocycles. The molecular formula is C11H15N5O. The molecule has 6 heteroatoms. The van der Waals surface area contributed by atoms with E-state index >= 15 is 0 Å². The summed E-state index contributed by atoms with van der Waals surface area (Å²) in [7, 11) is 0. The summed E-state index contributed by atoms with van der Waals surface area (Å²) in [4.78, 5) is 4.36. The van der Waals surface area contributed by atoms with Gasteiger partial charge < -0.3 is 10.5 Å². The third-order valence-corrected chi connectivity index (χ3v) is 3.17. The van der Waals surface area contributed by atoms with Gasteiger partial charge in [0.15, 0.2) is 0 Å². The standard InChI is InChI=1S/C11H15N5O/c1-6-3-7(2)16-10(14-15-11(16)13-6)8-4-17-5-9(8)12/h3,8-9H,4-5,12H2,1-2H3. The zero-order valence-electron chi connectivity index (χ0n) is 9.92. The molecule has 2 unspecified atom stereocenters. The lowest BCUT2D eigenvalue weighted by Crippen LogP contribution is -2.28. The van der Waals surface area contributed by atoms with Crippen LogP contribution >= 0.6 is 0 Å². The molecule has 6 nitrogen and oxygen atoms in total. The summed E-state index contributed by atoms with van der Waals surface area (Å²) in [6.45, 7) is 5.16. The minimum Gasteiger partial charge on any atom is -0.379 e. The topological polar surface area (TPSA) is 78.3 Å². The molecule has 0 amide bonds. The minimum absolute atomic E-state index is 0.0110. The number of rotatable bonds is 1. The van der Waals surface area contributed by atoms with Crippen molar-refractivity contribution in [3.8, 4) is 0 Å². The van der Waals surface area contributed by atoms with Gasteiger partial charge >= 0.3 is 0 Å². The Bertz CT molecular complexity index is 564. The van der Waals surface area contributed by atoms with Gasteiger partial charge in [-0.05, 0) is 19.9 Å². The fourth-order valence-corrected chi connectivity index (χ4v) is 2.33. The molecular weight excluding hydrogens is 218 g/mol. The van der Waals surface area contributed by atoms with Gasteiger partial charge in [-0.3, -0.25) is 4.40 Å². The molecule has 17 heavy (non-hydrogen) atoms. The van der Waals surface area contributed by atoms with Crippen LogP contribution in [0.2, 0.25) is 0 Å². The van der Waals surface area contributed by atoms with E-state index in [1.807, 2.05) is 24.3 Å². The SMILES string of the molecule is Cc1cc(C)n2c(C3COCC3N)nnc2n1. The molecule has 0 aliphatic carbocycles. The molecule has 3 rings (SSSR count). The molecule has 0 saturated carbocycles. The second kappa shape index (κ2) is 3.75. The molecule has 2 aromatic heterocycles. The molecule has 1 aliphatic heterocycles. The lowest BCUT2D eigenvalue weighted by molar-refractivity contribution is 0.190. The second-order valence-corrected chi connectivity index (χ2v) is 4.54. The van der Waals surface area contributed by atoms with Crippen molar-refractivity contribution in [2.75, 3.05) is 13.2 Å². The van der Waals surface area contributed by atoms with E-state index in [4.69, 9.17) is 10.5 Å². The Morgan fingerprint density at radius 2 is 2.18 bits per heavy atom. The first kappa shape index (κ1) is 10.6. The van der Waals surface area contributed by atoms with E-state index in [9.17, 15) is 0 Å². The van der Waals surface area contributed by atoms with Gasteiger partial charge in [0.1, 0.15) is 5.82 Å². The van der Waals surface area contributed by atoms with E-state index in [-0.39, 0.29) is 12.0 Å². The van der Waals surface area contributed by atoms with Crippen LogP contribution in [0, 0.1) is 13.8 Å². The van der Waals surface area contributed by atoms with Crippen LogP contribution in [0.25, 0.3) is 5.78 Å². The Morgan fingerprint density at radius 3 is 2.88 bits per heavy atom. The Labute approximate surface area is 98.8 Å². The van der Waals surface area contributed by atoms with Crippen molar-refractivity contribution in [3.05, 3.63) is 23.3 Å². The van der Waals surface area contributed by atoms with Crippen molar-refractivity contribution < 1.29 is 4.74 Å². The third-order valence-electron chi connectivity index (χ3n) is 3.17. The number of ether oxygens (including phenoxy) is 1. The summed E-state index contributed by atoms with van der Waals surface area (Å²) in [6, 6.07) is 2.00. The maximum atomic E-state index is 6.01. The average molecular weight is 233 g/mol. The highest BCUT2D eigenvalue weighted by Gasteiger charge is 2.31. The van der Waals surface area contributed by atoms with E-state index in [1.165, 1.54) is 0 Å². The first-order valence-corrected chi connectivity index (χ1v) is 5.69. The fourth-order valence-electron chi connectivity index (χ4n) is 2.33. The maximum absolute atomic E-state index is 6.01. The van der Waals surface area contributed by atoms with Gasteiger partial charge in [-0.25, -0.2) is 4.98 Å². The molecule has 0 bridgehead atoms. The van der Waals surface area contributed by atoms with Crippen molar-refractivity contribution in [1.82, 2.24) is 19.6 Å². The monoisotopic (exact) mass is 233 g/mol. The summed E-state index contributed by atoms with van der Waals surface area (Å²) in [5.74, 6) is 1.60. The van der Waals surface area contributed by atoms with E-state index in [2.05, 4.69) is 15.2 Å². The minimum atomic E-state index is -0.0110. The molecule has 1 fully saturated rings. The molecule has 2 aromatic rings. The number of hydrogen-bond acceptors (Lipinski definition) is 5. The molecule has 1 aliphatic rings. The number of aryl methyl sites for hydroxylation is 2. The highest BCUT2D eigenvalue weighted by atomic mass is 16.5. The quantitative estimate of drug-likeness (QED) is 0.760. The van der Waals surface area contributed by atoms with E-state index in [1.54, 1.807) is 0 Å². The van der Waals surface area contributed by atoms with Crippen LogP contribution in [0.3, 0.4) is 0 Å². The van der Waals surface area contributed by atoms with Gasteiger partial charge in [0.05, 0.1) is 19.1 Å². The van der Waals surface area contributed by atoms with Crippen molar-refractivity contribution in [3.63, 3.8) is 0 Å². The summed E-state index contributed by atoms with van der Waals surface area (Å²) < 4.78 is 7.34. The predicted molar refractivity (Wildman–Crippen MR) is 61.8 cm³/mol. The smallest absolute Gasteiger partial charge is 0.255 e.